The Bertz CT molecular complexity index is 2180. The summed E-state index contributed by atoms with van der Waals surface area (Å²) in [6.45, 7) is 9.79. The molecule has 0 radical (unpaired) electrons. The van der Waals surface area contributed by atoms with Gasteiger partial charge >= 0.3 is 12.2 Å². The normalized spacial score (nSPS) is 16.4. The third kappa shape index (κ3) is 22.3. The molecule has 6 N–H and O–H groups in total. The molecule has 1 fully saturated rings. The zero-order valence-electron chi connectivity index (χ0n) is 43.4. The molecule has 0 heterocycles. The van der Waals surface area contributed by atoms with E-state index < -0.39 is 83.3 Å². The highest BCUT2D eigenvalue weighted by Gasteiger charge is 2.36. The third-order valence-corrected chi connectivity index (χ3v) is 11.3. The molecule has 4 aromatic rings. The maximum absolute atomic E-state index is 14.6. The van der Waals surface area contributed by atoms with Gasteiger partial charge in [-0.3, -0.25) is 40.4 Å². The molecule has 0 bridgehead atoms. The van der Waals surface area contributed by atoms with E-state index in [0.29, 0.717) is 12.8 Å². The van der Waals surface area contributed by atoms with Gasteiger partial charge in [-0.05, 0) is 76.6 Å². The van der Waals surface area contributed by atoms with Crippen molar-refractivity contribution in [3.8, 4) is 0 Å². The molecule has 0 unspecified atom stereocenters. The van der Waals surface area contributed by atoms with Gasteiger partial charge in [0, 0.05) is 12.1 Å². The van der Waals surface area contributed by atoms with Crippen molar-refractivity contribution >= 4 is 35.8 Å². The molecule has 18 heteroatoms. The van der Waals surface area contributed by atoms with Crippen molar-refractivity contribution in [2.24, 2.45) is 0 Å². The number of ether oxygens (including phenoxy) is 6. The van der Waals surface area contributed by atoms with Gasteiger partial charge in [0.1, 0.15) is 35.4 Å². The summed E-state index contributed by atoms with van der Waals surface area (Å²) >= 11 is 0. The third-order valence-electron chi connectivity index (χ3n) is 11.3. The molecule has 400 valence electrons. The van der Waals surface area contributed by atoms with Gasteiger partial charge in [0.05, 0.1) is 52.9 Å². The first-order valence-electron chi connectivity index (χ1n) is 25.1. The topological polar surface area (TPSA) is 230 Å². The lowest BCUT2D eigenvalue weighted by atomic mass is 9.89. The molecular weight excluding hydrogens is 949 g/mol. The number of alkyl carbamates (subject to hydrolysis) is 2. The molecule has 1 aliphatic carbocycles. The number of benzene rings is 4. The summed E-state index contributed by atoms with van der Waals surface area (Å²) in [6.07, 6.45) is 0.768. The summed E-state index contributed by atoms with van der Waals surface area (Å²) in [5.74, 6) is -2.89. The van der Waals surface area contributed by atoms with E-state index in [2.05, 4.69) is 31.9 Å². The molecule has 0 aromatic heterocycles. The van der Waals surface area contributed by atoms with E-state index >= 15 is 0 Å². The van der Waals surface area contributed by atoms with Crippen LogP contribution >= 0.6 is 0 Å². The second-order valence-corrected chi connectivity index (χ2v) is 20.0. The highest BCUT2D eigenvalue weighted by Crippen LogP contribution is 2.21. The zero-order valence-corrected chi connectivity index (χ0v) is 43.4. The highest BCUT2D eigenvalue weighted by molar-refractivity contribution is 5.98. The average molecular weight is 1020 g/mol. The maximum atomic E-state index is 14.6. The first-order valence-corrected chi connectivity index (χ1v) is 25.1. The van der Waals surface area contributed by atoms with Crippen molar-refractivity contribution in [3.63, 3.8) is 0 Å². The van der Waals surface area contributed by atoms with Crippen LogP contribution in [0, 0.1) is 0 Å². The van der Waals surface area contributed by atoms with E-state index in [1.54, 1.807) is 41.5 Å². The van der Waals surface area contributed by atoms with Gasteiger partial charge in [-0.1, -0.05) is 134 Å². The second kappa shape index (κ2) is 30.0. The summed E-state index contributed by atoms with van der Waals surface area (Å²) in [6, 6.07) is 31.9. The van der Waals surface area contributed by atoms with Crippen LogP contribution < -0.4 is 31.9 Å². The maximum Gasteiger partial charge on any atom is 0.414 e. The Labute approximate surface area is 434 Å². The van der Waals surface area contributed by atoms with Crippen LogP contribution in [0.4, 0.5) is 9.59 Å². The Morgan fingerprint density at radius 2 is 0.689 bits per heavy atom. The van der Waals surface area contributed by atoms with Gasteiger partial charge in [-0.25, -0.2) is 9.59 Å². The van der Waals surface area contributed by atoms with Crippen LogP contribution in [0.5, 0.6) is 0 Å². The number of rotatable bonds is 26. The van der Waals surface area contributed by atoms with Crippen molar-refractivity contribution in [3.05, 3.63) is 144 Å². The standard InChI is InChI=1S/C56H74N6O12/c1-55(2,3)73-53(67)61-51(65)47(37-71-33-41-25-15-9-16-26-41)59-49(63)45(35-69-31-39-21-11-7-12-22-39)57-43-29-19-20-30-44(43)58-46(36-70-32-40-23-13-8-14-24-40)50(64)60-48(38-72-34-42-27-17-10-18-28-42)52(66)62-54(68)74-56(4,5)6/h7-18,21-28,43-48,57-58H,19-20,29-38H2,1-6H3,(H,59,63)(H,60,64)(H,61,65,67)(H,62,66,68)/t43-,44-,45+,46+,47-,48-/m1/s1. The van der Waals surface area contributed by atoms with Crippen molar-refractivity contribution in [2.75, 3.05) is 26.4 Å². The summed E-state index contributed by atoms with van der Waals surface area (Å²) in [5.41, 5.74) is 1.63. The molecular formula is C56H74N6O12. The van der Waals surface area contributed by atoms with E-state index in [1.165, 1.54) is 0 Å². The van der Waals surface area contributed by atoms with Crippen molar-refractivity contribution < 1.29 is 57.2 Å². The molecule has 1 aliphatic rings. The predicted octanol–water partition coefficient (Wildman–Crippen LogP) is 6.15. The first-order chi connectivity index (χ1) is 35.4. The first kappa shape index (κ1) is 58.4. The molecule has 4 aromatic carbocycles. The van der Waals surface area contributed by atoms with Crippen molar-refractivity contribution in [2.45, 2.75) is 141 Å². The average Bonchev–Trinajstić information content (AvgIpc) is 3.35. The SMILES string of the molecule is CC(C)(C)OC(=O)NC(=O)[C@@H](COCc1ccccc1)NC(=O)[C@H](COCc1ccccc1)N[C@@H]1CCCC[C@H]1N[C@@H](COCc1ccccc1)C(=O)N[C@H](COCc1ccccc1)C(=O)NC(=O)OC(C)(C)C. The Kier molecular flexibility index (Phi) is 23.6. The van der Waals surface area contributed by atoms with Gasteiger partial charge in [0.15, 0.2) is 0 Å². The molecule has 6 amide bonds. The van der Waals surface area contributed by atoms with Crippen LogP contribution in [-0.2, 0) is 74.0 Å². The van der Waals surface area contributed by atoms with Crippen LogP contribution in [0.2, 0.25) is 0 Å². The van der Waals surface area contributed by atoms with Crippen molar-refractivity contribution in [1.29, 1.82) is 0 Å². The van der Waals surface area contributed by atoms with E-state index in [0.717, 1.165) is 35.1 Å². The van der Waals surface area contributed by atoms with Crippen molar-refractivity contribution in [1.82, 2.24) is 31.9 Å². The minimum atomic E-state index is -1.33. The Morgan fingerprint density at radius 3 is 0.959 bits per heavy atom. The number of hydrogen-bond donors (Lipinski definition) is 6. The largest absolute Gasteiger partial charge is 0.444 e. The number of hydrogen-bond acceptors (Lipinski definition) is 14. The van der Waals surface area contributed by atoms with Gasteiger partial charge in [-0.15, -0.1) is 0 Å². The number of amides is 6. The van der Waals surface area contributed by atoms with Crippen LogP contribution in [0.15, 0.2) is 121 Å². The smallest absolute Gasteiger partial charge is 0.414 e. The van der Waals surface area contributed by atoms with E-state index in [-0.39, 0.29) is 52.9 Å². The van der Waals surface area contributed by atoms with E-state index in [4.69, 9.17) is 28.4 Å². The lowest BCUT2D eigenvalue weighted by Crippen LogP contribution is -2.63. The van der Waals surface area contributed by atoms with Crippen LogP contribution in [0.25, 0.3) is 0 Å². The summed E-state index contributed by atoms with van der Waals surface area (Å²) in [5, 5.41) is 17.0. The summed E-state index contributed by atoms with van der Waals surface area (Å²) in [4.78, 5) is 82.1. The number of nitrogens with one attached hydrogen (secondary N) is 6. The molecule has 0 saturated heterocycles. The lowest BCUT2D eigenvalue weighted by Gasteiger charge is -2.37. The molecule has 0 spiro atoms. The molecule has 74 heavy (non-hydrogen) atoms. The number of carbonyl (C=O) groups is 6. The lowest BCUT2D eigenvalue weighted by molar-refractivity contribution is -0.133. The quantitative estimate of drug-likeness (QED) is 0.0415. The Morgan fingerprint density at radius 1 is 0.419 bits per heavy atom. The van der Waals surface area contributed by atoms with E-state index in [1.807, 2.05) is 121 Å². The minimum Gasteiger partial charge on any atom is -0.444 e. The fourth-order valence-corrected chi connectivity index (χ4v) is 7.81. The van der Waals surface area contributed by atoms with Crippen LogP contribution in [-0.4, -0.2) is 110 Å². The van der Waals surface area contributed by atoms with Gasteiger partial charge in [0.25, 0.3) is 11.8 Å². The number of carbonyl (C=O) groups excluding carboxylic acids is 6. The molecule has 6 atom stereocenters. The predicted molar refractivity (Wildman–Crippen MR) is 277 cm³/mol. The zero-order chi connectivity index (χ0) is 53.4. The number of imide groups is 2. The second-order valence-electron chi connectivity index (χ2n) is 20.0. The molecule has 18 nitrogen and oxygen atoms in total. The van der Waals surface area contributed by atoms with Crippen LogP contribution in [0.1, 0.15) is 89.5 Å². The van der Waals surface area contributed by atoms with Gasteiger partial charge in [-0.2, -0.15) is 0 Å². The molecule has 0 aliphatic heterocycles. The minimum absolute atomic E-state index is 0.128. The van der Waals surface area contributed by atoms with Gasteiger partial charge < -0.3 is 39.1 Å². The molecule has 5 rings (SSSR count). The Hall–Kier alpha value is -6.54. The van der Waals surface area contributed by atoms with Crippen LogP contribution in [0.3, 0.4) is 0 Å². The Balaban J connectivity index is 1.38. The monoisotopic (exact) mass is 1020 g/mol. The summed E-state index contributed by atoms with van der Waals surface area (Å²) < 4.78 is 34.8. The van der Waals surface area contributed by atoms with E-state index in [9.17, 15) is 28.8 Å². The fourth-order valence-electron chi connectivity index (χ4n) is 7.81. The fraction of sp³-hybridized carbons (Fsp3) is 0.464. The summed E-state index contributed by atoms with van der Waals surface area (Å²) in [7, 11) is 0. The van der Waals surface area contributed by atoms with Gasteiger partial charge in [0.2, 0.25) is 11.8 Å². The molecule has 1 saturated carbocycles. The highest BCUT2D eigenvalue weighted by atomic mass is 16.6.